The molecule has 0 heterocycles. The fraction of sp³-hybridized carbons (Fsp3) is 0.600. The molecule has 0 amide bonds. The second kappa shape index (κ2) is 8.51. The number of hydrogen-bond donors (Lipinski definition) is 0. The molecule has 0 saturated carbocycles. The largest absolute Gasteiger partial charge is 0.469 e. The van der Waals surface area contributed by atoms with Gasteiger partial charge in [0.25, 0.3) is 0 Å². The number of carbonyl (C=O) groups is 2. The fourth-order valence-electron chi connectivity index (χ4n) is 2.05. The van der Waals surface area contributed by atoms with Gasteiger partial charge in [-0.2, -0.15) is 0 Å². The molecule has 106 valence electrons. The van der Waals surface area contributed by atoms with Crippen molar-refractivity contribution in [3.8, 4) is 0 Å². The quantitative estimate of drug-likeness (QED) is 0.582. The highest BCUT2D eigenvalue weighted by molar-refractivity contribution is 5.73. The topological polar surface area (TPSA) is 52.6 Å². The van der Waals surface area contributed by atoms with E-state index in [1.807, 2.05) is 31.2 Å². The van der Waals surface area contributed by atoms with Crippen LogP contribution in [0.3, 0.4) is 0 Å². The van der Waals surface area contributed by atoms with E-state index in [-0.39, 0.29) is 23.8 Å². The third-order valence-electron chi connectivity index (χ3n) is 3.17. The van der Waals surface area contributed by atoms with Crippen LogP contribution in [0.2, 0.25) is 0 Å². The molecule has 0 aliphatic heterocycles. The number of rotatable bonds is 3. The zero-order valence-electron chi connectivity index (χ0n) is 11.6. The molecule has 0 spiro atoms. The van der Waals surface area contributed by atoms with Crippen LogP contribution in [0.15, 0.2) is 24.3 Å². The molecule has 0 aromatic rings. The van der Waals surface area contributed by atoms with Gasteiger partial charge in [-0.3, -0.25) is 9.59 Å². The van der Waals surface area contributed by atoms with Crippen molar-refractivity contribution in [1.82, 2.24) is 0 Å². The molecule has 0 atom stereocenters. The molecule has 0 N–H and O–H groups in total. The van der Waals surface area contributed by atoms with E-state index < -0.39 is 0 Å². The Hall–Kier alpha value is -1.58. The molecule has 19 heavy (non-hydrogen) atoms. The standard InChI is InChI=1S/C8H12O2.C7H10O2/c1-2-10-8(9)7-5-3-4-6-7;1-9-7(8)6-4-2-3-5-6/h3-4,7H,2,5-6H2,1H3;2-3,6H,4-5H2,1H3. The van der Waals surface area contributed by atoms with Crippen molar-refractivity contribution in [2.45, 2.75) is 32.6 Å². The Bertz CT molecular complexity index is 341. The molecule has 4 nitrogen and oxygen atoms in total. The van der Waals surface area contributed by atoms with E-state index in [4.69, 9.17) is 4.74 Å². The molecule has 0 aromatic heterocycles. The van der Waals surface area contributed by atoms with E-state index in [0.717, 1.165) is 25.7 Å². The van der Waals surface area contributed by atoms with Gasteiger partial charge >= 0.3 is 11.9 Å². The second-order valence-corrected chi connectivity index (χ2v) is 4.55. The average Bonchev–Trinajstić information content (AvgIpc) is 3.11. The molecule has 4 heteroatoms. The minimum atomic E-state index is -0.0833. The van der Waals surface area contributed by atoms with Crippen LogP contribution in [-0.2, 0) is 19.1 Å². The lowest BCUT2D eigenvalue weighted by molar-refractivity contribution is -0.147. The molecular formula is C15H22O4. The highest BCUT2D eigenvalue weighted by Crippen LogP contribution is 2.19. The van der Waals surface area contributed by atoms with Crippen molar-refractivity contribution in [1.29, 1.82) is 0 Å². The van der Waals surface area contributed by atoms with Crippen LogP contribution in [0.5, 0.6) is 0 Å². The van der Waals surface area contributed by atoms with E-state index in [1.54, 1.807) is 0 Å². The average molecular weight is 266 g/mol. The summed E-state index contributed by atoms with van der Waals surface area (Å²) in [7, 11) is 1.43. The summed E-state index contributed by atoms with van der Waals surface area (Å²) in [5, 5.41) is 0. The smallest absolute Gasteiger partial charge is 0.309 e. The van der Waals surface area contributed by atoms with Gasteiger partial charge < -0.3 is 9.47 Å². The number of hydrogen-bond acceptors (Lipinski definition) is 4. The summed E-state index contributed by atoms with van der Waals surface area (Å²) in [6.07, 6.45) is 11.5. The number of ether oxygens (including phenoxy) is 2. The van der Waals surface area contributed by atoms with Crippen LogP contribution >= 0.6 is 0 Å². The summed E-state index contributed by atoms with van der Waals surface area (Å²) in [4.78, 5) is 21.7. The molecule has 2 rings (SSSR count). The van der Waals surface area contributed by atoms with Crippen LogP contribution in [0.4, 0.5) is 0 Å². The highest BCUT2D eigenvalue weighted by Gasteiger charge is 2.19. The van der Waals surface area contributed by atoms with Crippen molar-refractivity contribution in [2.24, 2.45) is 11.8 Å². The zero-order chi connectivity index (χ0) is 14.1. The van der Waals surface area contributed by atoms with Crippen LogP contribution in [0.25, 0.3) is 0 Å². The van der Waals surface area contributed by atoms with Crippen molar-refractivity contribution in [3.63, 3.8) is 0 Å². The van der Waals surface area contributed by atoms with Crippen molar-refractivity contribution >= 4 is 11.9 Å². The van der Waals surface area contributed by atoms with Crippen molar-refractivity contribution < 1.29 is 19.1 Å². The highest BCUT2D eigenvalue weighted by atomic mass is 16.5. The first-order valence-corrected chi connectivity index (χ1v) is 6.73. The Kier molecular flexibility index (Phi) is 6.93. The lowest BCUT2D eigenvalue weighted by Gasteiger charge is -2.06. The molecule has 2 aliphatic rings. The maximum absolute atomic E-state index is 11.0. The first kappa shape index (κ1) is 15.5. The van der Waals surface area contributed by atoms with Crippen LogP contribution in [-0.4, -0.2) is 25.7 Å². The Morgan fingerprint density at radius 2 is 1.37 bits per heavy atom. The first-order valence-electron chi connectivity index (χ1n) is 6.73. The molecule has 0 aromatic carbocycles. The maximum atomic E-state index is 11.0. The molecule has 0 saturated heterocycles. The van der Waals surface area contributed by atoms with Gasteiger partial charge in [-0.1, -0.05) is 24.3 Å². The number of allylic oxidation sites excluding steroid dienone is 4. The van der Waals surface area contributed by atoms with Crippen LogP contribution in [0, 0.1) is 11.8 Å². The summed E-state index contributed by atoms with van der Waals surface area (Å²) >= 11 is 0. The molecule has 2 aliphatic carbocycles. The van der Waals surface area contributed by atoms with Gasteiger partial charge in [0.15, 0.2) is 0 Å². The molecule has 0 unspecified atom stereocenters. The Labute approximate surface area is 114 Å². The van der Waals surface area contributed by atoms with Gasteiger partial charge in [0, 0.05) is 0 Å². The maximum Gasteiger partial charge on any atom is 0.309 e. The van der Waals surface area contributed by atoms with Crippen molar-refractivity contribution in [3.05, 3.63) is 24.3 Å². The monoisotopic (exact) mass is 266 g/mol. The molecule has 0 radical (unpaired) electrons. The second-order valence-electron chi connectivity index (χ2n) is 4.55. The summed E-state index contributed by atoms with van der Waals surface area (Å²) < 4.78 is 9.40. The van der Waals surface area contributed by atoms with Gasteiger partial charge in [-0.05, 0) is 32.6 Å². The molecule has 0 fully saturated rings. The summed E-state index contributed by atoms with van der Waals surface area (Å²) in [5.74, 6) is 0.0856. The predicted octanol–water partition coefficient (Wildman–Crippen LogP) is 2.64. The molecule has 0 bridgehead atoms. The lowest BCUT2D eigenvalue weighted by Crippen LogP contribution is -2.14. The normalized spacial score (nSPS) is 18.0. The van der Waals surface area contributed by atoms with Gasteiger partial charge in [0.05, 0.1) is 25.6 Å². The number of methoxy groups -OCH3 is 1. The van der Waals surface area contributed by atoms with Crippen LogP contribution < -0.4 is 0 Å². The first-order chi connectivity index (χ1) is 9.19. The van der Waals surface area contributed by atoms with E-state index in [1.165, 1.54) is 7.11 Å². The Balaban J connectivity index is 0.000000191. The van der Waals surface area contributed by atoms with E-state index in [0.29, 0.717) is 6.61 Å². The summed E-state index contributed by atoms with van der Waals surface area (Å²) in [5.41, 5.74) is 0. The Morgan fingerprint density at radius 1 is 0.947 bits per heavy atom. The lowest BCUT2D eigenvalue weighted by atomic mass is 10.1. The van der Waals surface area contributed by atoms with E-state index >= 15 is 0 Å². The zero-order valence-corrected chi connectivity index (χ0v) is 11.6. The van der Waals surface area contributed by atoms with Gasteiger partial charge in [0.1, 0.15) is 0 Å². The van der Waals surface area contributed by atoms with Gasteiger partial charge in [-0.15, -0.1) is 0 Å². The third-order valence-corrected chi connectivity index (χ3v) is 3.17. The number of esters is 2. The van der Waals surface area contributed by atoms with Crippen molar-refractivity contribution in [2.75, 3.05) is 13.7 Å². The third kappa shape index (κ3) is 5.28. The predicted molar refractivity (Wildman–Crippen MR) is 72.4 cm³/mol. The minimum Gasteiger partial charge on any atom is -0.469 e. The molecular weight excluding hydrogens is 244 g/mol. The summed E-state index contributed by atoms with van der Waals surface area (Å²) in [6, 6.07) is 0. The van der Waals surface area contributed by atoms with Gasteiger partial charge in [-0.25, -0.2) is 0 Å². The van der Waals surface area contributed by atoms with Gasteiger partial charge in [0.2, 0.25) is 0 Å². The Morgan fingerprint density at radius 3 is 1.74 bits per heavy atom. The van der Waals surface area contributed by atoms with E-state index in [2.05, 4.69) is 4.74 Å². The number of carbonyl (C=O) groups excluding carboxylic acids is 2. The van der Waals surface area contributed by atoms with E-state index in [9.17, 15) is 9.59 Å². The summed E-state index contributed by atoms with van der Waals surface area (Å²) in [6.45, 7) is 2.33. The fourth-order valence-corrected chi connectivity index (χ4v) is 2.05. The minimum absolute atomic E-state index is 0.0486. The van der Waals surface area contributed by atoms with Crippen LogP contribution in [0.1, 0.15) is 32.6 Å². The SMILES string of the molecule is CCOC(=O)C1CC=CC1.COC(=O)C1CC=CC1.